The van der Waals surface area contributed by atoms with Gasteiger partial charge < -0.3 is 10.2 Å². The highest BCUT2D eigenvalue weighted by atomic mass is 32.1. The molecule has 4 nitrogen and oxygen atoms in total. The third-order valence-electron chi connectivity index (χ3n) is 2.60. The number of nitrogens with zero attached hydrogens (tertiary/aromatic N) is 1. The lowest BCUT2D eigenvalue weighted by Crippen LogP contribution is -2.08. The van der Waals surface area contributed by atoms with Crippen molar-refractivity contribution in [1.29, 1.82) is 0 Å². The SMILES string of the molecule is O=C(O)Cn1c(O)c(-c2c(F)c(F)c(F)c(F)c2F)sc1=S. The summed E-state index contributed by atoms with van der Waals surface area (Å²) in [6.07, 6.45) is 0. The number of halogens is 5. The van der Waals surface area contributed by atoms with E-state index in [2.05, 4.69) is 0 Å². The Morgan fingerprint density at radius 2 is 1.50 bits per heavy atom. The predicted octanol–water partition coefficient (Wildman–Crippen LogP) is 3.43. The summed E-state index contributed by atoms with van der Waals surface area (Å²) in [5.41, 5.74) is -1.37. The van der Waals surface area contributed by atoms with Gasteiger partial charge in [0.15, 0.2) is 27.2 Å². The fourth-order valence-corrected chi connectivity index (χ4v) is 2.96. The molecule has 0 radical (unpaired) electrons. The van der Waals surface area contributed by atoms with Gasteiger partial charge in [-0.25, -0.2) is 22.0 Å². The molecule has 0 saturated heterocycles. The molecule has 0 aliphatic carbocycles. The summed E-state index contributed by atoms with van der Waals surface area (Å²) in [5, 5.41) is 18.4. The highest BCUT2D eigenvalue weighted by molar-refractivity contribution is 7.73. The molecule has 0 aliphatic heterocycles. The number of carboxylic acid groups (broad SMARTS) is 1. The highest BCUT2D eigenvalue weighted by Gasteiger charge is 2.30. The average Bonchev–Trinajstić information content (AvgIpc) is 2.71. The van der Waals surface area contributed by atoms with E-state index in [0.717, 1.165) is 0 Å². The summed E-state index contributed by atoms with van der Waals surface area (Å²) < 4.78 is 67.0. The number of rotatable bonds is 3. The Labute approximate surface area is 127 Å². The molecule has 118 valence electrons. The first-order valence-electron chi connectivity index (χ1n) is 5.33. The van der Waals surface area contributed by atoms with Crippen LogP contribution in [0.1, 0.15) is 0 Å². The van der Waals surface area contributed by atoms with Gasteiger partial charge in [-0.15, -0.1) is 11.3 Å². The average molecular weight is 357 g/mol. The molecule has 1 heterocycles. The van der Waals surface area contributed by atoms with Crippen LogP contribution in [0.3, 0.4) is 0 Å². The molecule has 0 unspecified atom stereocenters. The lowest BCUT2D eigenvalue weighted by Gasteiger charge is -2.07. The molecule has 1 aromatic carbocycles. The van der Waals surface area contributed by atoms with Crippen LogP contribution in [0.15, 0.2) is 0 Å². The summed E-state index contributed by atoms with van der Waals surface area (Å²) in [4.78, 5) is 9.86. The van der Waals surface area contributed by atoms with Crippen molar-refractivity contribution in [2.24, 2.45) is 0 Å². The Kier molecular flexibility index (Phi) is 4.20. The highest BCUT2D eigenvalue weighted by Crippen LogP contribution is 2.40. The van der Waals surface area contributed by atoms with Gasteiger partial charge in [0.25, 0.3) is 0 Å². The first-order chi connectivity index (χ1) is 10.2. The van der Waals surface area contributed by atoms with Gasteiger partial charge in [0.1, 0.15) is 11.4 Å². The van der Waals surface area contributed by atoms with E-state index in [1.54, 1.807) is 0 Å². The second kappa shape index (κ2) is 5.65. The molecule has 0 spiro atoms. The quantitative estimate of drug-likeness (QED) is 0.382. The third-order valence-corrected chi connectivity index (χ3v) is 4.05. The Morgan fingerprint density at radius 1 is 1.05 bits per heavy atom. The van der Waals surface area contributed by atoms with Gasteiger partial charge in [0.2, 0.25) is 11.7 Å². The van der Waals surface area contributed by atoms with Crippen molar-refractivity contribution >= 4 is 29.5 Å². The lowest BCUT2D eigenvalue weighted by atomic mass is 10.1. The molecule has 0 fully saturated rings. The molecule has 11 heteroatoms. The van der Waals surface area contributed by atoms with Crippen LogP contribution in [0.5, 0.6) is 5.88 Å². The van der Waals surface area contributed by atoms with Crippen molar-refractivity contribution in [3.63, 3.8) is 0 Å². The van der Waals surface area contributed by atoms with Gasteiger partial charge >= 0.3 is 5.97 Å². The van der Waals surface area contributed by atoms with E-state index in [-0.39, 0.29) is 3.95 Å². The van der Waals surface area contributed by atoms with Gasteiger partial charge in [-0.05, 0) is 12.2 Å². The lowest BCUT2D eigenvalue weighted by molar-refractivity contribution is -0.137. The van der Waals surface area contributed by atoms with Crippen molar-refractivity contribution in [2.45, 2.75) is 6.54 Å². The molecule has 2 rings (SSSR count). The number of benzene rings is 1. The van der Waals surface area contributed by atoms with E-state index >= 15 is 0 Å². The maximum absolute atomic E-state index is 13.7. The number of carboxylic acids is 1. The molecular formula is C11H4F5NO3S2. The van der Waals surface area contributed by atoms with Gasteiger partial charge in [-0.1, -0.05) is 0 Å². The number of aliphatic carboxylic acids is 1. The third kappa shape index (κ3) is 2.46. The first-order valence-corrected chi connectivity index (χ1v) is 6.55. The van der Waals surface area contributed by atoms with Gasteiger partial charge in [0.05, 0.1) is 5.56 Å². The summed E-state index contributed by atoms with van der Waals surface area (Å²) in [5.74, 6) is -13.4. The maximum atomic E-state index is 13.7. The number of aromatic nitrogens is 1. The smallest absolute Gasteiger partial charge is 0.323 e. The molecule has 2 N–H and O–H groups in total. The standard InChI is InChI=1S/C11H4F5NO3S2/c12-4-3(5(13)7(15)8(16)6(4)14)9-10(20)17(1-2(18)19)11(21)22-9/h20H,1H2,(H,18,19). The first kappa shape index (κ1) is 16.4. The second-order valence-corrected chi connectivity index (χ2v) is 5.59. The van der Waals surface area contributed by atoms with E-state index in [4.69, 9.17) is 17.3 Å². The monoisotopic (exact) mass is 357 g/mol. The summed E-state index contributed by atoms with van der Waals surface area (Å²) in [6.45, 7) is -0.837. The zero-order valence-corrected chi connectivity index (χ0v) is 11.8. The van der Waals surface area contributed by atoms with Crippen LogP contribution in [-0.4, -0.2) is 20.7 Å². The fraction of sp³-hybridized carbons (Fsp3) is 0.0909. The van der Waals surface area contributed by atoms with Crippen molar-refractivity contribution in [3.05, 3.63) is 33.0 Å². The van der Waals surface area contributed by atoms with Crippen LogP contribution >= 0.6 is 23.6 Å². The van der Waals surface area contributed by atoms with Crippen molar-refractivity contribution < 1.29 is 37.0 Å². The van der Waals surface area contributed by atoms with E-state index in [1.807, 2.05) is 0 Å². The van der Waals surface area contributed by atoms with Crippen LogP contribution < -0.4 is 0 Å². The van der Waals surface area contributed by atoms with Gasteiger partial charge in [-0.3, -0.25) is 9.36 Å². The minimum absolute atomic E-state index is 0.307. The molecular weight excluding hydrogens is 353 g/mol. The minimum atomic E-state index is -2.34. The molecule has 2 aromatic rings. The van der Waals surface area contributed by atoms with Crippen LogP contribution in [0, 0.1) is 33.0 Å². The fourth-order valence-electron chi connectivity index (χ4n) is 1.64. The second-order valence-electron chi connectivity index (χ2n) is 3.95. The van der Waals surface area contributed by atoms with E-state index < -0.39 is 57.9 Å². The number of carbonyl (C=O) groups is 1. The molecule has 1 aromatic heterocycles. The van der Waals surface area contributed by atoms with Crippen molar-refractivity contribution in [3.8, 4) is 16.3 Å². The van der Waals surface area contributed by atoms with Crippen LogP contribution in [0.2, 0.25) is 0 Å². The van der Waals surface area contributed by atoms with Crippen molar-refractivity contribution in [1.82, 2.24) is 4.57 Å². The molecule has 0 aliphatic rings. The topological polar surface area (TPSA) is 62.5 Å². The van der Waals surface area contributed by atoms with E-state index in [9.17, 15) is 31.9 Å². The maximum Gasteiger partial charge on any atom is 0.323 e. The van der Waals surface area contributed by atoms with Crippen LogP contribution in [0.25, 0.3) is 10.4 Å². The van der Waals surface area contributed by atoms with Crippen LogP contribution in [-0.2, 0) is 11.3 Å². The summed E-state index contributed by atoms with van der Waals surface area (Å²) >= 11 is 5.02. The number of thiazole rings is 1. The van der Waals surface area contributed by atoms with Gasteiger partial charge in [0, 0.05) is 0 Å². The minimum Gasteiger partial charge on any atom is -0.493 e. The summed E-state index contributed by atoms with van der Waals surface area (Å²) in [7, 11) is 0. The molecule has 0 bridgehead atoms. The molecule has 0 atom stereocenters. The number of hydrogen-bond acceptors (Lipinski definition) is 4. The predicted molar refractivity (Wildman–Crippen MR) is 67.7 cm³/mol. The van der Waals surface area contributed by atoms with Gasteiger partial charge in [-0.2, -0.15) is 0 Å². The van der Waals surface area contributed by atoms with E-state index in [0.29, 0.717) is 15.9 Å². The van der Waals surface area contributed by atoms with Crippen molar-refractivity contribution in [2.75, 3.05) is 0 Å². The summed E-state index contributed by atoms with van der Waals surface area (Å²) in [6, 6.07) is 0. The largest absolute Gasteiger partial charge is 0.493 e. The Balaban J connectivity index is 2.79. The Bertz CT molecular complexity index is 816. The Hall–Kier alpha value is -2.01. The Morgan fingerprint density at radius 3 is 1.95 bits per heavy atom. The zero-order valence-electron chi connectivity index (χ0n) is 10.2. The number of hydrogen-bond donors (Lipinski definition) is 2. The number of aromatic hydroxyl groups is 1. The van der Waals surface area contributed by atoms with E-state index in [1.165, 1.54) is 0 Å². The zero-order chi connectivity index (χ0) is 16.8. The molecule has 0 saturated carbocycles. The normalized spacial score (nSPS) is 11.0. The van der Waals surface area contributed by atoms with Crippen LogP contribution in [0.4, 0.5) is 22.0 Å². The molecule has 0 amide bonds. The molecule has 22 heavy (non-hydrogen) atoms.